The van der Waals surface area contributed by atoms with E-state index in [0.29, 0.717) is 12.6 Å². The van der Waals surface area contributed by atoms with Crippen LogP contribution in [-0.4, -0.2) is 44.0 Å². The van der Waals surface area contributed by atoms with Crippen LogP contribution < -0.4 is 0 Å². The Labute approximate surface area is 93.8 Å². The summed E-state index contributed by atoms with van der Waals surface area (Å²) < 4.78 is 5.14. The minimum atomic E-state index is -0.224. The fourth-order valence-electron chi connectivity index (χ4n) is 1.62. The van der Waals surface area contributed by atoms with Crippen molar-refractivity contribution in [3.8, 4) is 0 Å². The Hall–Kier alpha value is -0.410. The van der Waals surface area contributed by atoms with Crippen LogP contribution in [0.2, 0.25) is 0 Å². The normalized spacial score (nSPS) is 17.5. The first kappa shape index (κ1) is 14.6. The number of aldehydes is 1. The molecule has 0 amide bonds. The van der Waals surface area contributed by atoms with Crippen molar-refractivity contribution in [3.63, 3.8) is 0 Å². The van der Waals surface area contributed by atoms with E-state index in [-0.39, 0.29) is 5.41 Å². The average Bonchev–Trinajstić information content (AvgIpc) is 2.26. The van der Waals surface area contributed by atoms with Gasteiger partial charge in [0.15, 0.2) is 0 Å². The summed E-state index contributed by atoms with van der Waals surface area (Å²) in [5.41, 5.74) is -0.224. The molecule has 0 aromatic carbocycles. The SMILES string of the molecule is CCN(CC(C)(C=O)CC)C(C)COC. The van der Waals surface area contributed by atoms with E-state index in [1.165, 1.54) is 0 Å². The van der Waals surface area contributed by atoms with Gasteiger partial charge in [-0.3, -0.25) is 4.90 Å². The molecular weight excluding hydrogens is 190 g/mol. The molecule has 15 heavy (non-hydrogen) atoms. The second-order valence-corrected chi connectivity index (χ2v) is 4.49. The van der Waals surface area contributed by atoms with Crippen molar-refractivity contribution >= 4 is 6.29 Å². The highest BCUT2D eigenvalue weighted by Crippen LogP contribution is 2.20. The highest BCUT2D eigenvalue weighted by molar-refractivity contribution is 5.58. The number of likely N-dealkylation sites (N-methyl/N-ethyl adjacent to an activating group) is 1. The second-order valence-electron chi connectivity index (χ2n) is 4.49. The first-order chi connectivity index (χ1) is 7.02. The van der Waals surface area contributed by atoms with Gasteiger partial charge in [-0.15, -0.1) is 0 Å². The van der Waals surface area contributed by atoms with E-state index >= 15 is 0 Å². The first-order valence-corrected chi connectivity index (χ1v) is 5.72. The molecule has 3 heteroatoms. The Bertz CT molecular complexity index is 184. The van der Waals surface area contributed by atoms with Gasteiger partial charge in [0.1, 0.15) is 6.29 Å². The predicted octanol–water partition coefficient (Wildman–Crippen LogP) is 1.96. The minimum Gasteiger partial charge on any atom is -0.383 e. The van der Waals surface area contributed by atoms with Gasteiger partial charge in [0.25, 0.3) is 0 Å². The molecule has 0 aliphatic rings. The predicted molar refractivity (Wildman–Crippen MR) is 63.0 cm³/mol. The molecule has 0 aliphatic carbocycles. The van der Waals surface area contributed by atoms with Gasteiger partial charge < -0.3 is 9.53 Å². The summed E-state index contributed by atoms with van der Waals surface area (Å²) in [5.74, 6) is 0. The van der Waals surface area contributed by atoms with E-state index in [9.17, 15) is 4.79 Å². The Morgan fingerprint density at radius 3 is 2.40 bits per heavy atom. The van der Waals surface area contributed by atoms with E-state index in [1.54, 1.807) is 7.11 Å². The first-order valence-electron chi connectivity index (χ1n) is 5.72. The van der Waals surface area contributed by atoms with Gasteiger partial charge in [-0.2, -0.15) is 0 Å². The van der Waals surface area contributed by atoms with Gasteiger partial charge in [-0.1, -0.05) is 20.8 Å². The Morgan fingerprint density at radius 2 is 2.07 bits per heavy atom. The third-order valence-corrected chi connectivity index (χ3v) is 3.09. The maximum absolute atomic E-state index is 11.0. The monoisotopic (exact) mass is 215 g/mol. The number of methoxy groups -OCH3 is 1. The van der Waals surface area contributed by atoms with Gasteiger partial charge in [-0.05, 0) is 19.9 Å². The largest absolute Gasteiger partial charge is 0.383 e. The smallest absolute Gasteiger partial charge is 0.127 e. The van der Waals surface area contributed by atoms with Crippen LogP contribution in [-0.2, 0) is 9.53 Å². The summed E-state index contributed by atoms with van der Waals surface area (Å²) in [5, 5.41) is 0. The fourth-order valence-corrected chi connectivity index (χ4v) is 1.62. The molecule has 0 aliphatic heterocycles. The summed E-state index contributed by atoms with van der Waals surface area (Å²) >= 11 is 0. The van der Waals surface area contributed by atoms with E-state index < -0.39 is 0 Å². The Kier molecular flexibility index (Phi) is 6.77. The maximum atomic E-state index is 11.0. The third-order valence-electron chi connectivity index (χ3n) is 3.09. The molecule has 3 nitrogen and oxygen atoms in total. The topological polar surface area (TPSA) is 29.5 Å². The zero-order chi connectivity index (χ0) is 11.9. The van der Waals surface area contributed by atoms with Crippen LogP contribution in [0.1, 0.15) is 34.1 Å². The minimum absolute atomic E-state index is 0.224. The van der Waals surface area contributed by atoms with Crippen LogP contribution in [0.5, 0.6) is 0 Å². The summed E-state index contributed by atoms with van der Waals surface area (Å²) in [6.45, 7) is 10.8. The highest BCUT2D eigenvalue weighted by Gasteiger charge is 2.26. The van der Waals surface area contributed by atoms with Gasteiger partial charge in [0, 0.05) is 25.1 Å². The van der Waals surface area contributed by atoms with Crippen LogP contribution in [0, 0.1) is 5.41 Å². The lowest BCUT2D eigenvalue weighted by Crippen LogP contribution is -2.43. The maximum Gasteiger partial charge on any atom is 0.127 e. The fraction of sp³-hybridized carbons (Fsp3) is 0.917. The molecule has 0 fully saturated rings. The van der Waals surface area contributed by atoms with Crippen molar-refractivity contribution in [2.75, 3.05) is 26.8 Å². The van der Waals surface area contributed by atoms with Crippen LogP contribution >= 0.6 is 0 Å². The zero-order valence-electron chi connectivity index (χ0n) is 10.7. The quantitative estimate of drug-likeness (QED) is 0.580. The van der Waals surface area contributed by atoms with Crippen molar-refractivity contribution in [1.82, 2.24) is 4.90 Å². The van der Waals surface area contributed by atoms with E-state index in [0.717, 1.165) is 25.8 Å². The lowest BCUT2D eigenvalue weighted by atomic mass is 9.88. The summed E-state index contributed by atoms with van der Waals surface area (Å²) in [6, 6.07) is 0.367. The average molecular weight is 215 g/mol. The number of carbonyl (C=O) groups excluding carboxylic acids is 1. The van der Waals surface area contributed by atoms with Crippen molar-refractivity contribution < 1.29 is 9.53 Å². The standard InChI is InChI=1S/C12H25NO2/c1-6-12(4,10-14)9-13(7-2)11(3)8-15-5/h10-11H,6-9H2,1-5H3. The molecule has 0 aromatic heterocycles. The molecule has 0 aromatic rings. The van der Waals surface area contributed by atoms with E-state index in [2.05, 4.69) is 25.7 Å². The second kappa shape index (κ2) is 6.96. The lowest BCUT2D eigenvalue weighted by molar-refractivity contribution is -0.117. The van der Waals surface area contributed by atoms with Crippen LogP contribution in [0.3, 0.4) is 0 Å². The molecule has 90 valence electrons. The number of rotatable bonds is 8. The molecule has 0 bridgehead atoms. The van der Waals surface area contributed by atoms with Crippen LogP contribution in [0.25, 0.3) is 0 Å². The molecule has 0 spiro atoms. The summed E-state index contributed by atoms with van der Waals surface area (Å²) in [7, 11) is 1.71. The van der Waals surface area contributed by atoms with E-state index in [1.807, 2.05) is 6.92 Å². The Morgan fingerprint density at radius 1 is 1.47 bits per heavy atom. The number of hydrogen-bond acceptors (Lipinski definition) is 3. The lowest BCUT2D eigenvalue weighted by Gasteiger charge is -2.34. The molecule has 0 radical (unpaired) electrons. The molecular formula is C12H25NO2. The third kappa shape index (κ3) is 4.76. The molecule has 0 saturated heterocycles. The van der Waals surface area contributed by atoms with Crippen molar-refractivity contribution in [2.24, 2.45) is 5.41 Å². The zero-order valence-corrected chi connectivity index (χ0v) is 10.7. The van der Waals surface area contributed by atoms with Gasteiger partial charge in [-0.25, -0.2) is 0 Å². The molecule has 0 rings (SSSR count). The summed E-state index contributed by atoms with van der Waals surface area (Å²) in [4.78, 5) is 13.3. The number of carbonyl (C=O) groups is 1. The molecule has 0 N–H and O–H groups in total. The summed E-state index contributed by atoms with van der Waals surface area (Å²) in [6.07, 6.45) is 1.96. The van der Waals surface area contributed by atoms with Gasteiger partial charge in [0.2, 0.25) is 0 Å². The van der Waals surface area contributed by atoms with E-state index in [4.69, 9.17) is 4.74 Å². The van der Waals surface area contributed by atoms with Gasteiger partial charge >= 0.3 is 0 Å². The van der Waals surface area contributed by atoms with Crippen LogP contribution in [0.4, 0.5) is 0 Å². The molecule has 2 unspecified atom stereocenters. The van der Waals surface area contributed by atoms with Crippen LogP contribution in [0.15, 0.2) is 0 Å². The van der Waals surface area contributed by atoms with Crippen molar-refractivity contribution in [3.05, 3.63) is 0 Å². The number of nitrogens with zero attached hydrogens (tertiary/aromatic N) is 1. The Balaban J connectivity index is 4.36. The molecule has 2 atom stereocenters. The van der Waals surface area contributed by atoms with Crippen molar-refractivity contribution in [2.45, 2.75) is 40.2 Å². The number of hydrogen-bond donors (Lipinski definition) is 0. The molecule has 0 saturated carbocycles. The number of ether oxygens (including phenoxy) is 1. The van der Waals surface area contributed by atoms with Crippen molar-refractivity contribution in [1.29, 1.82) is 0 Å². The highest BCUT2D eigenvalue weighted by atomic mass is 16.5. The molecule has 0 heterocycles. The van der Waals surface area contributed by atoms with Gasteiger partial charge in [0.05, 0.1) is 6.61 Å².